The molecule has 1 aromatic heterocycles. The molecule has 1 amide bonds. The molecule has 5 heteroatoms. The first-order valence-electron chi connectivity index (χ1n) is 7.05. The molecule has 112 valence electrons. The summed E-state index contributed by atoms with van der Waals surface area (Å²) in [6.45, 7) is 8.00. The average Bonchev–Trinajstić information content (AvgIpc) is 2.41. The minimum atomic E-state index is -0.130. The highest BCUT2D eigenvalue weighted by atomic mass is 16.5. The van der Waals surface area contributed by atoms with Gasteiger partial charge >= 0.3 is 0 Å². The van der Waals surface area contributed by atoms with Gasteiger partial charge in [-0.05, 0) is 25.3 Å². The van der Waals surface area contributed by atoms with Gasteiger partial charge < -0.3 is 15.4 Å². The monoisotopic (exact) mass is 279 g/mol. The first kappa shape index (κ1) is 16.4. The average molecular weight is 279 g/mol. The van der Waals surface area contributed by atoms with Gasteiger partial charge in [-0.1, -0.05) is 13.8 Å². The topological polar surface area (TPSA) is 63.2 Å². The van der Waals surface area contributed by atoms with Crippen molar-refractivity contribution in [2.45, 2.75) is 27.2 Å². The molecule has 0 aliphatic rings. The molecule has 2 N–H and O–H groups in total. The second-order valence-electron chi connectivity index (χ2n) is 5.17. The highest BCUT2D eigenvalue weighted by Crippen LogP contribution is 2.14. The van der Waals surface area contributed by atoms with E-state index in [1.807, 2.05) is 13.0 Å². The second kappa shape index (κ2) is 8.53. The van der Waals surface area contributed by atoms with E-state index >= 15 is 0 Å². The maximum Gasteiger partial charge on any atom is 0.255 e. The van der Waals surface area contributed by atoms with Gasteiger partial charge in [-0.3, -0.25) is 9.78 Å². The Morgan fingerprint density at radius 2 is 2.15 bits per heavy atom. The standard InChI is InChI=1S/C15H25N3O2/c1-11(2)5-7-20-8-6-17-15(19)13-10-18-12(3)9-14(13)16-4/h9-11H,5-8H2,1-4H3,(H,16,18)(H,17,19). The number of nitrogens with zero attached hydrogens (tertiary/aromatic N) is 1. The molecule has 20 heavy (non-hydrogen) atoms. The zero-order valence-electron chi connectivity index (χ0n) is 12.8. The number of aryl methyl sites for hydroxylation is 1. The molecule has 0 aromatic carbocycles. The lowest BCUT2D eigenvalue weighted by molar-refractivity contribution is 0.0906. The second-order valence-corrected chi connectivity index (χ2v) is 5.17. The predicted octanol–water partition coefficient (Wildman–Crippen LogP) is 2.22. The van der Waals surface area contributed by atoms with Crippen molar-refractivity contribution in [1.29, 1.82) is 0 Å². The number of amides is 1. The van der Waals surface area contributed by atoms with Crippen LogP contribution >= 0.6 is 0 Å². The molecule has 0 saturated carbocycles. The van der Waals surface area contributed by atoms with Gasteiger partial charge in [0.05, 0.1) is 17.9 Å². The molecular formula is C15H25N3O2. The summed E-state index contributed by atoms with van der Waals surface area (Å²) in [5.41, 5.74) is 2.22. The summed E-state index contributed by atoms with van der Waals surface area (Å²) in [5, 5.41) is 5.85. The molecule has 0 spiro atoms. The van der Waals surface area contributed by atoms with Crippen LogP contribution in [0.5, 0.6) is 0 Å². The van der Waals surface area contributed by atoms with E-state index in [1.54, 1.807) is 13.2 Å². The molecule has 0 aliphatic heterocycles. The van der Waals surface area contributed by atoms with E-state index in [-0.39, 0.29) is 5.91 Å². The number of hydrogen-bond donors (Lipinski definition) is 2. The van der Waals surface area contributed by atoms with Crippen LogP contribution < -0.4 is 10.6 Å². The number of ether oxygens (including phenoxy) is 1. The quantitative estimate of drug-likeness (QED) is 0.716. The Morgan fingerprint density at radius 1 is 1.40 bits per heavy atom. The predicted molar refractivity (Wildman–Crippen MR) is 81.1 cm³/mol. The highest BCUT2D eigenvalue weighted by Gasteiger charge is 2.10. The third-order valence-corrected chi connectivity index (χ3v) is 2.93. The van der Waals surface area contributed by atoms with Crippen LogP contribution in [0, 0.1) is 12.8 Å². The minimum Gasteiger partial charge on any atom is -0.387 e. The van der Waals surface area contributed by atoms with Crippen molar-refractivity contribution in [3.05, 3.63) is 23.5 Å². The normalized spacial score (nSPS) is 10.7. The van der Waals surface area contributed by atoms with Crippen molar-refractivity contribution in [2.24, 2.45) is 5.92 Å². The number of nitrogens with one attached hydrogen (secondary N) is 2. The number of hydrogen-bond acceptors (Lipinski definition) is 4. The zero-order chi connectivity index (χ0) is 15.0. The van der Waals surface area contributed by atoms with Crippen LogP contribution in [-0.2, 0) is 4.74 Å². The first-order chi connectivity index (χ1) is 9.54. The van der Waals surface area contributed by atoms with Gasteiger partial charge in [-0.15, -0.1) is 0 Å². The number of carbonyl (C=O) groups is 1. The summed E-state index contributed by atoms with van der Waals surface area (Å²) >= 11 is 0. The molecule has 0 aliphatic carbocycles. The summed E-state index contributed by atoms with van der Waals surface area (Å²) in [4.78, 5) is 16.2. The van der Waals surface area contributed by atoms with Crippen molar-refractivity contribution in [1.82, 2.24) is 10.3 Å². The molecule has 0 fully saturated rings. The Balaban J connectivity index is 2.36. The molecule has 1 heterocycles. The van der Waals surface area contributed by atoms with E-state index in [1.165, 1.54) is 0 Å². The number of carbonyl (C=O) groups excluding carboxylic acids is 1. The van der Waals surface area contributed by atoms with Crippen molar-refractivity contribution in [3.8, 4) is 0 Å². The van der Waals surface area contributed by atoms with Crippen molar-refractivity contribution in [3.63, 3.8) is 0 Å². The lowest BCUT2D eigenvalue weighted by Gasteiger charge is -2.11. The molecule has 5 nitrogen and oxygen atoms in total. The maximum absolute atomic E-state index is 12.0. The highest BCUT2D eigenvalue weighted by molar-refractivity contribution is 5.99. The Bertz CT molecular complexity index is 433. The summed E-state index contributed by atoms with van der Waals surface area (Å²) in [6, 6.07) is 1.86. The first-order valence-corrected chi connectivity index (χ1v) is 7.05. The summed E-state index contributed by atoms with van der Waals surface area (Å²) in [6.07, 6.45) is 2.63. The molecule has 0 radical (unpaired) electrons. The number of pyridine rings is 1. The van der Waals surface area contributed by atoms with Gasteiger partial charge in [-0.2, -0.15) is 0 Å². The third-order valence-electron chi connectivity index (χ3n) is 2.93. The van der Waals surface area contributed by atoms with Gasteiger partial charge in [0, 0.05) is 32.1 Å². The van der Waals surface area contributed by atoms with Crippen LogP contribution in [-0.4, -0.2) is 37.7 Å². The van der Waals surface area contributed by atoms with Crippen LogP contribution in [0.2, 0.25) is 0 Å². The smallest absolute Gasteiger partial charge is 0.255 e. The molecule has 1 aromatic rings. The summed E-state index contributed by atoms with van der Waals surface area (Å²) in [7, 11) is 1.79. The van der Waals surface area contributed by atoms with Crippen LogP contribution in [0.4, 0.5) is 5.69 Å². The van der Waals surface area contributed by atoms with Crippen LogP contribution in [0.15, 0.2) is 12.3 Å². The lowest BCUT2D eigenvalue weighted by Crippen LogP contribution is -2.28. The van der Waals surface area contributed by atoms with Crippen molar-refractivity contribution >= 4 is 11.6 Å². The van der Waals surface area contributed by atoms with Gasteiger partial charge in [0.25, 0.3) is 5.91 Å². The molecule has 0 unspecified atom stereocenters. The molecule has 1 rings (SSSR count). The van der Waals surface area contributed by atoms with Crippen molar-refractivity contribution < 1.29 is 9.53 Å². The van der Waals surface area contributed by atoms with Crippen LogP contribution in [0.25, 0.3) is 0 Å². The SMILES string of the molecule is CNc1cc(C)ncc1C(=O)NCCOCCC(C)C. The van der Waals surface area contributed by atoms with Gasteiger partial charge in [-0.25, -0.2) is 0 Å². The number of rotatable bonds is 8. The fourth-order valence-corrected chi connectivity index (χ4v) is 1.70. The van der Waals surface area contributed by atoms with Crippen molar-refractivity contribution in [2.75, 3.05) is 32.1 Å². The van der Waals surface area contributed by atoms with Crippen LogP contribution in [0.3, 0.4) is 0 Å². The Morgan fingerprint density at radius 3 is 2.80 bits per heavy atom. The van der Waals surface area contributed by atoms with Gasteiger partial charge in [0.2, 0.25) is 0 Å². The van der Waals surface area contributed by atoms with Crippen LogP contribution in [0.1, 0.15) is 36.3 Å². The van der Waals surface area contributed by atoms with Gasteiger partial charge in [0.1, 0.15) is 0 Å². The number of anilines is 1. The molecule has 0 bridgehead atoms. The van der Waals surface area contributed by atoms with E-state index in [0.717, 1.165) is 24.4 Å². The largest absolute Gasteiger partial charge is 0.387 e. The molecule has 0 saturated heterocycles. The summed E-state index contributed by atoms with van der Waals surface area (Å²) < 4.78 is 5.46. The number of aromatic nitrogens is 1. The maximum atomic E-state index is 12.0. The minimum absolute atomic E-state index is 0.130. The van der Waals surface area contributed by atoms with Gasteiger partial charge in [0.15, 0.2) is 0 Å². The fourth-order valence-electron chi connectivity index (χ4n) is 1.70. The zero-order valence-corrected chi connectivity index (χ0v) is 12.8. The Kier molecular flexibility index (Phi) is 7.01. The van der Waals surface area contributed by atoms with E-state index in [4.69, 9.17) is 4.74 Å². The van der Waals surface area contributed by atoms with E-state index in [0.29, 0.717) is 24.6 Å². The summed E-state index contributed by atoms with van der Waals surface area (Å²) in [5.74, 6) is 0.510. The third kappa shape index (κ3) is 5.57. The van der Waals surface area contributed by atoms with E-state index < -0.39 is 0 Å². The fraction of sp³-hybridized carbons (Fsp3) is 0.600. The molecular weight excluding hydrogens is 254 g/mol. The Labute approximate surface area is 121 Å². The Hall–Kier alpha value is -1.62. The van der Waals surface area contributed by atoms with E-state index in [2.05, 4.69) is 29.5 Å². The molecule has 0 atom stereocenters. The lowest BCUT2D eigenvalue weighted by atomic mass is 10.1. The van der Waals surface area contributed by atoms with E-state index in [9.17, 15) is 4.79 Å².